The summed E-state index contributed by atoms with van der Waals surface area (Å²) in [4.78, 5) is 0. The topological polar surface area (TPSA) is 92.2 Å². The maximum absolute atomic E-state index is 9.63. The van der Waals surface area contributed by atoms with E-state index in [9.17, 15) is 10.2 Å². The Morgan fingerprint density at radius 2 is 0.706 bits per heavy atom. The average molecular weight is 328 g/mol. The Morgan fingerprint density at radius 3 is 0.706 bits per heavy atom. The zero-order valence-electron chi connectivity index (χ0n) is 12.1. The van der Waals surface area contributed by atoms with E-state index in [1.165, 1.54) is 0 Å². The van der Waals surface area contributed by atoms with Crippen molar-refractivity contribution >= 4 is 0 Å². The van der Waals surface area contributed by atoms with Gasteiger partial charge in [0.25, 0.3) is 0 Å². The van der Waals surface area contributed by atoms with Gasteiger partial charge in [0.05, 0.1) is 0 Å². The molecule has 0 heterocycles. The fourth-order valence-corrected chi connectivity index (χ4v) is 0. The van der Waals surface area contributed by atoms with Gasteiger partial charge in [-0.15, -0.1) is 26.4 Å². The molecule has 0 aromatic rings. The van der Waals surface area contributed by atoms with Crippen LogP contribution in [0.1, 0.15) is 41.5 Å². The van der Waals surface area contributed by atoms with Crippen LogP contribution < -0.4 is 20.4 Å². The van der Waals surface area contributed by atoms with Crippen LogP contribution in [0.2, 0.25) is 0 Å². The van der Waals surface area contributed by atoms with Crippen LogP contribution in [0.25, 0.3) is 0 Å². The third-order valence-corrected chi connectivity index (χ3v) is 0.667. The zero-order valence-corrected chi connectivity index (χ0v) is 14.6. The molecule has 0 N–H and O–H groups in total. The van der Waals surface area contributed by atoms with Crippen LogP contribution in [0.15, 0.2) is 0 Å². The summed E-state index contributed by atoms with van der Waals surface area (Å²) in [5.74, 6) is 0.657. The third-order valence-electron chi connectivity index (χ3n) is 0.667. The molecular formula is C12H28O4Zr. The van der Waals surface area contributed by atoms with Crippen LogP contribution in [-0.2, 0) is 26.2 Å². The first kappa shape index (κ1) is 30.6. The van der Waals surface area contributed by atoms with Gasteiger partial charge in [-0.05, 0) is 0 Å². The molecule has 5 heteroatoms. The molecule has 0 saturated carbocycles. The van der Waals surface area contributed by atoms with E-state index in [1.54, 1.807) is 13.8 Å². The van der Waals surface area contributed by atoms with Crippen molar-refractivity contribution in [2.45, 2.75) is 41.5 Å². The minimum Gasteiger partial charge on any atom is -0.855 e. The predicted octanol–water partition coefficient (Wildman–Crippen LogP) is -1.26. The first-order chi connectivity index (χ1) is 7.37. The van der Waals surface area contributed by atoms with Crippen molar-refractivity contribution in [2.75, 3.05) is 26.4 Å². The number of rotatable bonds is 2. The second-order valence-corrected chi connectivity index (χ2v) is 3.70. The van der Waals surface area contributed by atoms with Crippen molar-refractivity contribution in [3.63, 3.8) is 0 Å². The summed E-state index contributed by atoms with van der Waals surface area (Å²) in [5, 5.41) is 37.1. The van der Waals surface area contributed by atoms with E-state index in [0.29, 0.717) is 11.8 Å². The molecular weight excluding hydrogens is 299 g/mol. The van der Waals surface area contributed by atoms with E-state index in [1.807, 2.05) is 27.7 Å². The Bertz CT molecular complexity index is 70.9. The fourth-order valence-electron chi connectivity index (χ4n) is 0. The first-order valence-corrected chi connectivity index (χ1v) is 5.69. The van der Waals surface area contributed by atoms with Gasteiger partial charge in [0.1, 0.15) is 0 Å². The second kappa shape index (κ2) is 36.0. The molecule has 0 spiro atoms. The first-order valence-electron chi connectivity index (χ1n) is 5.69. The summed E-state index contributed by atoms with van der Waals surface area (Å²) in [6.07, 6.45) is 0. The van der Waals surface area contributed by atoms with Gasteiger partial charge in [0, 0.05) is 0 Å². The molecule has 0 saturated heterocycles. The predicted molar refractivity (Wildman–Crippen MR) is 60.5 cm³/mol. The minimum atomic E-state index is 0. The van der Waals surface area contributed by atoms with Crippen LogP contribution in [0.3, 0.4) is 0 Å². The average Bonchev–Trinajstić information content (AvgIpc) is 2.21. The Morgan fingerprint density at radius 1 is 0.647 bits per heavy atom. The molecule has 0 bridgehead atoms. The van der Waals surface area contributed by atoms with Gasteiger partial charge < -0.3 is 20.4 Å². The molecule has 0 aromatic heterocycles. The Balaban J connectivity index is -0.0000000381. The largest absolute Gasteiger partial charge is 4.00 e. The number of hydrogen-bond donors (Lipinski definition) is 0. The minimum absolute atomic E-state index is 0. The van der Waals surface area contributed by atoms with Crippen molar-refractivity contribution in [2.24, 2.45) is 11.8 Å². The summed E-state index contributed by atoms with van der Waals surface area (Å²) in [6.45, 7) is 10.9. The van der Waals surface area contributed by atoms with Crippen LogP contribution in [0.4, 0.5) is 0 Å². The Labute approximate surface area is 126 Å². The third kappa shape index (κ3) is 163. The quantitative estimate of drug-likeness (QED) is 0.632. The number of hydrogen-bond acceptors (Lipinski definition) is 4. The van der Waals surface area contributed by atoms with Crippen LogP contribution in [-0.4, -0.2) is 26.4 Å². The molecule has 0 aliphatic rings. The SMILES string of the molecule is CC(C)C[O-].CC(C)C[O-].CC[O-].CC[O-].[Zr+4]. The van der Waals surface area contributed by atoms with E-state index in [2.05, 4.69) is 0 Å². The van der Waals surface area contributed by atoms with Gasteiger partial charge in [0.15, 0.2) is 0 Å². The summed E-state index contributed by atoms with van der Waals surface area (Å²) in [7, 11) is 0. The molecule has 0 amide bonds. The molecule has 0 aliphatic carbocycles. The standard InChI is InChI=1S/2C4H9O.2C2H5O.Zr/c2*1-4(2)3-5;2*1-2-3;/h2*4H,3H2,1-2H3;2*2H2,1H3;/q4*-1;+4. The molecule has 4 nitrogen and oxygen atoms in total. The summed E-state index contributed by atoms with van der Waals surface area (Å²) >= 11 is 0. The maximum atomic E-state index is 9.63. The van der Waals surface area contributed by atoms with Crippen molar-refractivity contribution in [3.05, 3.63) is 0 Å². The summed E-state index contributed by atoms with van der Waals surface area (Å²) in [6, 6.07) is 0. The Hall–Kier alpha value is 0.723. The van der Waals surface area contributed by atoms with E-state index in [0.717, 1.165) is 0 Å². The van der Waals surface area contributed by atoms with Gasteiger partial charge in [-0.3, -0.25) is 0 Å². The summed E-state index contributed by atoms with van der Waals surface area (Å²) < 4.78 is 0. The van der Waals surface area contributed by atoms with Gasteiger partial charge in [0.2, 0.25) is 0 Å². The van der Waals surface area contributed by atoms with Crippen molar-refractivity contribution in [1.82, 2.24) is 0 Å². The van der Waals surface area contributed by atoms with Crippen LogP contribution in [0.5, 0.6) is 0 Å². The molecule has 0 radical (unpaired) electrons. The molecule has 0 aliphatic heterocycles. The monoisotopic (exact) mass is 326 g/mol. The van der Waals surface area contributed by atoms with Gasteiger partial charge in [-0.25, -0.2) is 0 Å². The van der Waals surface area contributed by atoms with E-state index in [4.69, 9.17) is 10.2 Å². The van der Waals surface area contributed by atoms with E-state index >= 15 is 0 Å². The molecule has 0 unspecified atom stereocenters. The smallest absolute Gasteiger partial charge is 0.855 e. The maximum Gasteiger partial charge on any atom is 4.00 e. The summed E-state index contributed by atoms with van der Waals surface area (Å²) in [5.41, 5.74) is 0. The van der Waals surface area contributed by atoms with Gasteiger partial charge in [-0.1, -0.05) is 53.4 Å². The van der Waals surface area contributed by atoms with Gasteiger partial charge in [-0.2, -0.15) is 0 Å². The van der Waals surface area contributed by atoms with Crippen LogP contribution >= 0.6 is 0 Å². The van der Waals surface area contributed by atoms with Crippen molar-refractivity contribution in [3.8, 4) is 0 Å². The molecule has 0 fully saturated rings. The van der Waals surface area contributed by atoms with Crippen LogP contribution in [0, 0.1) is 11.8 Å². The van der Waals surface area contributed by atoms with E-state index < -0.39 is 0 Å². The normalized spacial score (nSPS) is 7.76. The molecule has 104 valence electrons. The Kier molecular flexibility index (Phi) is 64.8. The second-order valence-electron chi connectivity index (χ2n) is 3.70. The van der Waals surface area contributed by atoms with E-state index in [-0.39, 0.29) is 52.6 Å². The fraction of sp³-hybridized carbons (Fsp3) is 1.00. The van der Waals surface area contributed by atoms with Gasteiger partial charge >= 0.3 is 26.2 Å². The molecule has 17 heavy (non-hydrogen) atoms. The van der Waals surface area contributed by atoms with Crippen molar-refractivity contribution in [1.29, 1.82) is 0 Å². The molecule has 0 rings (SSSR count). The molecule has 0 atom stereocenters. The van der Waals surface area contributed by atoms with Crippen molar-refractivity contribution < 1.29 is 46.6 Å². The zero-order chi connectivity index (χ0) is 14.0. The molecule has 0 aromatic carbocycles.